The summed E-state index contributed by atoms with van der Waals surface area (Å²) in [6.07, 6.45) is 0. The summed E-state index contributed by atoms with van der Waals surface area (Å²) >= 11 is 0. The molecule has 2 heteroatoms. The van der Waals surface area contributed by atoms with Gasteiger partial charge in [-0.3, -0.25) is 0 Å². The second-order valence-electron chi connectivity index (χ2n) is 16.8. The minimum Gasteiger partial charge on any atom is -0.311 e. The number of fused-ring (bicyclic) bond motifs is 4. The lowest BCUT2D eigenvalue weighted by Crippen LogP contribution is -2.15. The average Bonchev–Trinajstić information content (AvgIpc) is 3.82. The van der Waals surface area contributed by atoms with Gasteiger partial charge in [-0.25, -0.2) is 0 Å². The molecule has 0 bridgehead atoms. The van der Waals surface area contributed by atoms with Gasteiger partial charge in [0.2, 0.25) is 0 Å². The summed E-state index contributed by atoms with van der Waals surface area (Å²) in [6, 6.07) is 81.2. The summed E-state index contributed by atoms with van der Waals surface area (Å²) in [4.78, 5) is 2.25. The first-order valence-electron chi connectivity index (χ1n) is 22.7. The van der Waals surface area contributed by atoms with E-state index in [0.717, 1.165) is 50.5 Å². The molecule has 0 saturated heterocycles. The molecule has 0 N–H and O–H groups in total. The number of aromatic nitrogens is 1. The van der Waals surface area contributed by atoms with Crippen LogP contribution in [0, 0.1) is 0 Å². The largest absolute Gasteiger partial charge is 0.311 e. The van der Waals surface area contributed by atoms with Crippen LogP contribution < -0.4 is 4.90 Å². The van der Waals surface area contributed by atoms with Gasteiger partial charge in [0.25, 0.3) is 0 Å². The molecule has 0 atom stereocenters. The Bertz CT molecular complexity index is 3320. The number of hydrogen-bond acceptors (Lipinski definition) is 1. The second-order valence-corrected chi connectivity index (χ2v) is 16.8. The number of benzene rings is 9. The molecular weight excluding hydrogens is 761 g/mol. The van der Waals surface area contributed by atoms with Crippen molar-refractivity contribution in [2.45, 2.75) is 19.3 Å². The molecule has 1 heterocycles. The molecule has 2 nitrogen and oxygen atoms in total. The van der Waals surface area contributed by atoms with Crippen LogP contribution in [0.2, 0.25) is 0 Å². The minimum absolute atomic E-state index is 0.199. The zero-order valence-electron chi connectivity index (χ0n) is 37.3. The average molecular weight is 809 g/mol. The predicted molar refractivity (Wildman–Crippen MR) is 267 cm³/mol. The Labute approximate surface area is 373 Å². The molecule has 1 aromatic heterocycles. The van der Waals surface area contributed by atoms with Crippen LogP contribution in [-0.4, -0.2) is 4.57 Å². The van der Waals surface area contributed by atoms with Crippen LogP contribution in [0.1, 0.15) is 38.8 Å². The van der Waals surface area contributed by atoms with Crippen LogP contribution in [0.3, 0.4) is 0 Å². The van der Waals surface area contributed by atoms with E-state index in [1.807, 2.05) is 30.3 Å². The zero-order chi connectivity index (χ0) is 44.1. The molecular formula is C61H46N2. The zero-order valence-corrected chi connectivity index (χ0v) is 35.3. The minimum atomic E-state index is -0.348. The molecule has 63 heavy (non-hydrogen) atoms. The maximum Gasteiger partial charge on any atom is 0.0629 e. The first kappa shape index (κ1) is 35.8. The summed E-state index contributed by atoms with van der Waals surface area (Å²) in [5.74, 6) is 0. The number of anilines is 3. The summed E-state index contributed by atoms with van der Waals surface area (Å²) < 4.78 is 21.1. The topological polar surface area (TPSA) is 8.17 Å². The van der Waals surface area contributed by atoms with E-state index in [1.165, 1.54) is 44.5 Å². The van der Waals surface area contributed by atoms with E-state index in [9.17, 15) is 2.74 Å². The molecule has 0 spiro atoms. The van der Waals surface area contributed by atoms with E-state index in [-0.39, 0.29) is 17.5 Å². The van der Waals surface area contributed by atoms with Gasteiger partial charge in [0, 0.05) is 39.1 Å². The summed E-state index contributed by atoms with van der Waals surface area (Å²) in [6.45, 7) is 4.58. The maximum absolute atomic E-state index is 9.36. The lowest BCUT2D eigenvalue weighted by atomic mass is 9.81. The highest BCUT2D eigenvalue weighted by molar-refractivity contribution is 6.08. The van der Waals surface area contributed by atoms with Gasteiger partial charge in [0.1, 0.15) is 0 Å². The lowest BCUT2D eigenvalue weighted by Gasteiger charge is -2.25. The van der Waals surface area contributed by atoms with Gasteiger partial charge in [0.15, 0.2) is 0 Å². The molecule has 0 amide bonds. The smallest absolute Gasteiger partial charge is 0.0629 e. The predicted octanol–water partition coefficient (Wildman–Crippen LogP) is 16.6. The normalized spacial score (nSPS) is 13.4. The molecule has 1 aliphatic carbocycles. The van der Waals surface area contributed by atoms with Crippen molar-refractivity contribution in [2.75, 3.05) is 4.90 Å². The van der Waals surface area contributed by atoms with Crippen LogP contribution in [0.5, 0.6) is 0 Å². The number of para-hydroxylation sites is 3. The molecule has 0 unspecified atom stereocenters. The van der Waals surface area contributed by atoms with Crippen molar-refractivity contribution < 1.29 is 2.74 Å². The first-order chi connectivity index (χ1) is 31.8. The van der Waals surface area contributed by atoms with E-state index in [2.05, 4.69) is 224 Å². The van der Waals surface area contributed by atoms with Crippen molar-refractivity contribution >= 4 is 40.1 Å². The fourth-order valence-electron chi connectivity index (χ4n) is 9.50. The van der Waals surface area contributed by atoms with Crippen molar-refractivity contribution in [3.8, 4) is 50.3 Å². The van der Waals surface area contributed by atoms with E-state index in [0.29, 0.717) is 5.56 Å². The molecule has 300 valence electrons. The standard InChI is InChI=1S/C61H46N2/c1-61(2)56-40-44(29-28-43-30-33-45(34-31-43)46-35-37-52(38-36-46)62(49-22-12-5-13-23-49)50-24-14-6-15-25-50)32-39-53(56)54-41-55-58(42-57(54)61)63(51-26-16-7-17-27-51)60(48-20-10-4-11-21-48)59(55)47-18-8-3-9-19-47/h3-42H,1-2H3/b29-28+/i28D,29D. The van der Waals surface area contributed by atoms with E-state index in [4.69, 9.17) is 0 Å². The Kier molecular flexibility index (Phi) is 8.99. The SMILES string of the molecule is [2H]/C(=C(/[2H])c1ccc2c(c1)C(C)(C)c1cc3c(cc1-2)c(-c1ccccc1)c(-c1ccccc1)n3-c1ccccc1)c1ccc(-c2ccc(N(c3ccccc3)c3ccccc3)cc2)cc1. The molecule has 10 aromatic rings. The second kappa shape index (κ2) is 15.8. The first-order valence-corrected chi connectivity index (χ1v) is 21.7. The summed E-state index contributed by atoms with van der Waals surface area (Å²) in [5.41, 5.74) is 18.3. The van der Waals surface area contributed by atoms with Crippen LogP contribution >= 0.6 is 0 Å². The van der Waals surface area contributed by atoms with Crippen molar-refractivity contribution in [1.29, 1.82) is 0 Å². The van der Waals surface area contributed by atoms with E-state index in [1.54, 1.807) is 0 Å². The third kappa shape index (κ3) is 6.87. The molecule has 0 radical (unpaired) electrons. The Hall–Kier alpha value is -7.94. The Morgan fingerprint density at radius 2 is 0.905 bits per heavy atom. The third-order valence-corrected chi connectivity index (χ3v) is 12.6. The van der Waals surface area contributed by atoms with Crippen molar-refractivity contribution in [2.24, 2.45) is 0 Å². The number of rotatable bonds is 9. The van der Waals surface area contributed by atoms with Gasteiger partial charge >= 0.3 is 0 Å². The van der Waals surface area contributed by atoms with Crippen LogP contribution in [0.4, 0.5) is 17.1 Å². The summed E-state index contributed by atoms with van der Waals surface area (Å²) in [7, 11) is 0. The quantitative estimate of drug-likeness (QED) is 0.132. The van der Waals surface area contributed by atoms with Gasteiger partial charge in [-0.05, 0) is 116 Å². The highest BCUT2D eigenvalue weighted by atomic mass is 15.1. The third-order valence-electron chi connectivity index (χ3n) is 12.6. The monoisotopic (exact) mass is 808 g/mol. The Morgan fingerprint density at radius 3 is 1.51 bits per heavy atom. The van der Waals surface area contributed by atoms with Crippen molar-refractivity contribution in [1.82, 2.24) is 4.57 Å². The molecule has 9 aromatic carbocycles. The maximum atomic E-state index is 9.36. The van der Waals surface area contributed by atoms with E-state index < -0.39 is 0 Å². The molecule has 0 aliphatic heterocycles. The number of nitrogens with zero attached hydrogens (tertiary/aromatic N) is 2. The molecule has 0 fully saturated rings. The summed E-state index contributed by atoms with van der Waals surface area (Å²) in [5, 5.41) is 1.20. The Balaban J connectivity index is 0.943. The lowest BCUT2D eigenvalue weighted by molar-refractivity contribution is 0.661. The van der Waals surface area contributed by atoms with Crippen LogP contribution in [0.25, 0.3) is 73.3 Å². The molecule has 0 saturated carbocycles. The molecule has 11 rings (SSSR count). The van der Waals surface area contributed by atoms with Gasteiger partial charge < -0.3 is 9.47 Å². The van der Waals surface area contributed by atoms with Crippen LogP contribution in [0.15, 0.2) is 231 Å². The highest BCUT2D eigenvalue weighted by Gasteiger charge is 2.37. The van der Waals surface area contributed by atoms with E-state index >= 15 is 0 Å². The van der Waals surface area contributed by atoms with Crippen LogP contribution in [-0.2, 0) is 5.41 Å². The Morgan fingerprint density at radius 1 is 0.429 bits per heavy atom. The number of hydrogen-bond donors (Lipinski definition) is 0. The van der Waals surface area contributed by atoms with Gasteiger partial charge in [-0.15, -0.1) is 0 Å². The highest BCUT2D eigenvalue weighted by Crippen LogP contribution is 2.53. The fraction of sp³-hybridized carbons (Fsp3) is 0.0492. The van der Waals surface area contributed by atoms with Crippen molar-refractivity contribution in [3.63, 3.8) is 0 Å². The molecule has 1 aliphatic rings. The van der Waals surface area contributed by atoms with Gasteiger partial charge in [-0.2, -0.15) is 0 Å². The van der Waals surface area contributed by atoms with Gasteiger partial charge in [0.05, 0.1) is 14.0 Å². The van der Waals surface area contributed by atoms with Crippen molar-refractivity contribution in [3.05, 3.63) is 253 Å². The van der Waals surface area contributed by atoms with Gasteiger partial charge in [-0.1, -0.05) is 196 Å². The fourth-order valence-corrected chi connectivity index (χ4v) is 9.50.